The fraction of sp³-hybridized carbons (Fsp3) is 0.632. The molecular weight excluding hydrogens is 258 g/mol. The van der Waals surface area contributed by atoms with Gasteiger partial charge >= 0.3 is 0 Å². The van der Waals surface area contributed by atoms with Crippen LogP contribution in [0, 0.1) is 18.3 Å². The highest BCUT2D eigenvalue weighted by Crippen LogP contribution is 2.53. The second kappa shape index (κ2) is 6.24. The average molecular weight is 283 g/mol. The van der Waals surface area contributed by atoms with Gasteiger partial charge in [-0.15, -0.1) is 12.2 Å². The van der Waals surface area contributed by atoms with E-state index >= 15 is 0 Å². The second-order valence-electron chi connectivity index (χ2n) is 6.55. The van der Waals surface area contributed by atoms with E-state index in [0.29, 0.717) is 18.1 Å². The highest BCUT2D eigenvalue weighted by Gasteiger charge is 2.58. The standard InChI is InChI=1S/C19H25NO/c1-3-5-7-10-16-11-8-14-19-15-9-13-18(21-20(16)19)17(19)12-6-4-2/h2,5-6,12,16-18H,1,7-11,13-15H2/b12-6-/t16-,17-,18+,19-/m1/s1. The molecule has 4 atom stereocenters. The first-order valence-electron chi connectivity index (χ1n) is 8.25. The van der Waals surface area contributed by atoms with Crippen LogP contribution in [0.25, 0.3) is 0 Å². The lowest BCUT2D eigenvalue weighted by Crippen LogP contribution is -2.55. The third-order valence-corrected chi connectivity index (χ3v) is 5.47. The fourth-order valence-corrected chi connectivity index (χ4v) is 4.64. The highest BCUT2D eigenvalue weighted by atomic mass is 16.7. The van der Waals surface area contributed by atoms with Crippen molar-refractivity contribution in [1.82, 2.24) is 5.06 Å². The summed E-state index contributed by atoms with van der Waals surface area (Å²) in [5, 5.41) is 2.39. The van der Waals surface area contributed by atoms with Gasteiger partial charge in [-0.2, -0.15) is 5.06 Å². The van der Waals surface area contributed by atoms with Crippen LogP contribution in [-0.2, 0) is 4.84 Å². The van der Waals surface area contributed by atoms with Crippen LogP contribution in [0.2, 0.25) is 0 Å². The Bertz CT molecular complexity index is 492. The Hall–Kier alpha value is -1.26. The zero-order valence-corrected chi connectivity index (χ0v) is 12.8. The smallest absolute Gasteiger partial charge is 0.0875 e. The maximum atomic E-state index is 6.40. The van der Waals surface area contributed by atoms with Gasteiger partial charge in [-0.05, 0) is 63.5 Å². The van der Waals surface area contributed by atoms with Gasteiger partial charge in [0.2, 0.25) is 0 Å². The molecule has 21 heavy (non-hydrogen) atoms. The molecule has 0 radical (unpaired) electrons. The number of terminal acetylenes is 1. The molecule has 0 amide bonds. The molecule has 1 saturated carbocycles. The van der Waals surface area contributed by atoms with Crippen molar-refractivity contribution in [2.45, 2.75) is 69.1 Å². The van der Waals surface area contributed by atoms with E-state index in [2.05, 4.69) is 29.4 Å². The largest absolute Gasteiger partial charge is 0.294 e. The molecule has 0 aromatic heterocycles. The third kappa shape index (κ3) is 2.51. The maximum absolute atomic E-state index is 6.40. The Labute approximate surface area is 128 Å². The van der Waals surface area contributed by atoms with Crippen LogP contribution < -0.4 is 0 Å². The van der Waals surface area contributed by atoms with Crippen molar-refractivity contribution in [3.8, 4) is 12.3 Å². The molecule has 1 aliphatic carbocycles. The Morgan fingerprint density at radius 1 is 1.33 bits per heavy atom. The van der Waals surface area contributed by atoms with Gasteiger partial charge in [0.15, 0.2) is 0 Å². The maximum Gasteiger partial charge on any atom is 0.0875 e. The van der Waals surface area contributed by atoms with Crippen LogP contribution in [0.5, 0.6) is 0 Å². The van der Waals surface area contributed by atoms with E-state index in [1.807, 2.05) is 12.2 Å². The van der Waals surface area contributed by atoms with Crippen LogP contribution in [0.4, 0.5) is 0 Å². The number of hydrogen-bond acceptors (Lipinski definition) is 2. The number of fused-ring (bicyclic) bond motifs is 1. The molecule has 0 N–H and O–H groups in total. The molecule has 3 fully saturated rings. The van der Waals surface area contributed by atoms with E-state index in [9.17, 15) is 0 Å². The molecule has 2 bridgehead atoms. The van der Waals surface area contributed by atoms with Gasteiger partial charge in [0, 0.05) is 12.0 Å². The summed E-state index contributed by atoms with van der Waals surface area (Å²) in [6.45, 7) is 3.65. The summed E-state index contributed by atoms with van der Waals surface area (Å²) in [6.07, 6.45) is 21.6. The summed E-state index contributed by atoms with van der Waals surface area (Å²) < 4.78 is 0. The van der Waals surface area contributed by atoms with Crippen molar-refractivity contribution >= 4 is 0 Å². The SMILES string of the molecule is C#C/C=C\[C@@H]1[C@@H]2CCC[C@]13CCC[C@@H](CCC=C=C)N3O2. The number of hydrogen-bond donors (Lipinski definition) is 0. The summed E-state index contributed by atoms with van der Waals surface area (Å²) in [5.41, 5.74) is 3.09. The van der Waals surface area contributed by atoms with Gasteiger partial charge in [0.1, 0.15) is 0 Å². The first-order valence-corrected chi connectivity index (χ1v) is 8.25. The summed E-state index contributed by atoms with van der Waals surface area (Å²) in [7, 11) is 0. The molecule has 1 spiro atoms. The lowest BCUT2D eigenvalue weighted by atomic mass is 9.67. The predicted octanol–water partition coefficient (Wildman–Crippen LogP) is 4.00. The Balaban J connectivity index is 1.82. The minimum Gasteiger partial charge on any atom is -0.294 e. The molecule has 0 aromatic carbocycles. The van der Waals surface area contributed by atoms with Gasteiger partial charge in [-0.3, -0.25) is 4.84 Å². The first-order chi connectivity index (χ1) is 10.3. The van der Waals surface area contributed by atoms with E-state index < -0.39 is 0 Å². The summed E-state index contributed by atoms with van der Waals surface area (Å²) >= 11 is 0. The van der Waals surface area contributed by atoms with Crippen LogP contribution in [-0.4, -0.2) is 22.7 Å². The van der Waals surface area contributed by atoms with E-state index in [1.54, 1.807) is 0 Å². The van der Waals surface area contributed by atoms with Crippen LogP contribution in [0.15, 0.2) is 30.5 Å². The topological polar surface area (TPSA) is 12.5 Å². The lowest BCUT2D eigenvalue weighted by Gasteiger charge is -2.48. The van der Waals surface area contributed by atoms with Crippen molar-refractivity contribution < 1.29 is 4.84 Å². The number of nitrogens with zero attached hydrogens (tertiary/aromatic N) is 1. The van der Waals surface area contributed by atoms with E-state index in [4.69, 9.17) is 11.3 Å². The lowest BCUT2D eigenvalue weighted by molar-refractivity contribution is -0.222. The Morgan fingerprint density at radius 3 is 2.90 bits per heavy atom. The van der Waals surface area contributed by atoms with Crippen molar-refractivity contribution in [3.63, 3.8) is 0 Å². The molecule has 2 nitrogen and oxygen atoms in total. The summed E-state index contributed by atoms with van der Waals surface area (Å²) in [4.78, 5) is 6.40. The fourth-order valence-electron chi connectivity index (χ4n) is 4.64. The van der Waals surface area contributed by atoms with E-state index in [0.717, 1.165) is 19.3 Å². The molecule has 2 saturated heterocycles. The van der Waals surface area contributed by atoms with Gasteiger partial charge in [-0.25, -0.2) is 0 Å². The zero-order chi connectivity index (χ0) is 14.7. The highest BCUT2D eigenvalue weighted by molar-refractivity contribution is 5.19. The van der Waals surface area contributed by atoms with Crippen molar-refractivity contribution in [2.75, 3.05) is 0 Å². The molecule has 3 aliphatic rings. The predicted molar refractivity (Wildman–Crippen MR) is 85.3 cm³/mol. The molecule has 2 heterocycles. The molecule has 3 rings (SSSR count). The third-order valence-electron chi connectivity index (χ3n) is 5.47. The number of hydroxylamine groups is 2. The summed E-state index contributed by atoms with van der Waals surface area (Å²) in [6, 6.07) is 0.535. The van der Waals surface area contributed by atoms with Gasteiger partial charge in [0.05, 0.1) is 11.6 Å². The molecule has 0 aromatic rings. The van der Waals surface area contributed by atoms with Crippen LogP contribution >= 0.6 is 0 Å². The van der Waals surface area contributed by atoms with Crippen molar-refractivity contribution in [2.24, 2.45) is 5.92 Å². The molecule has 2 aliphatic heterocycles. The van der Waals surface area contributed by atoms with Crippen LogP contribution in [0.1, 0.15) is 51.4 Å². The first kappa shape index (κ1) is 14.7. The van der Waals surface area contributed by atoms with Crippen molar-refractivity contribution in [1.29, 1.82) is 0 Å². The van der Waals surface area contributed by atoms with Gasteiger partial charge < -0.3 is 0 Å². The van der Waals surface area contributed by atoms with Crippen molar-refractivity contribution in [3.05, 3.63) is 30.5 Å². The monoisotopic (exact) mass is 283 g/mol. The number of piperidine rings is 1. The molecule has 0 unspecified atom stereocenters. The molecule has 112 valence electrons. The minimum absolute atomic E-state index is 0.205. The average Bonchev–Trinajstić information content (AvgIpc) is 2.66. The number of rotatable bonds is 4. The Morgan fingerprint density at radius 2 is 2.14 bits per heavy atom. The van der Waals surface area contributed by atoms with Gasteiger partial charge in [0.25, 0.3) is 0 Å². The van der Waals surface area contributed by atoms with Gasteiger partial charge in [-0.1, -0.05) is 18.6 Å². The second-order valence-corrected chi connectivity index (χ2v) is 6.55. The molecule has 2 heteroatoms. The zero-order valence-electron chi connectivity index (χ0n) is 12.8. The van der Waals surface area contributed by atoms with E-state index in [-0.39, 0.29) is 5.54 Å². The van der Waals surface area contributed by atoms with E-state index in [1.165, 1.54) is 32.1 Å². The quantitative estimate of drug-likeness (QED) is 0.571. The van der Waals surface area contributed by atoms with Crippen LogP contribution in [0.3, 0.4) is 0 Å². The Kier molecular flexibility index (Phi) is 4.36. The summed E-state index contributed by atoms with van der Waals surface area (Å²) in [5.74, 6) is 3.13. The minimum atomic E-state index is 0.205. The molecular formula is C19H25NO. The number of allylic oxidation sites excluding steroid dienone is 2. The normalized spacial score (nSPS) is 38.7.